The van der Waals surface area contributed by atoms with E-state index in [1.165, 1.54) is 24.1 Å². The second-order valence-electron chi connectivity index (χ2n) is 7.75. The number of hydrazine groups is 1. The van der Waals surface area contributed by atoms with Crippen molar-refractivity contribution in [3.63, 3.8) is 0 Å². The molecule has 0 saturated carbocycles. The highest BCUT2D eigenvalue weighted by molar-refractivity contribution is 5.84. The van der Waals surface area contributed by atoms with Gasteiger partial charge in [0.1, 0.15) is 6.61 Å². The first-order valence-electron chi connectivity index (χ1n) is 11.1. The lowest BCUT2D eigenvalue weighted by molar-refractivity contribution is -0.136. The van der Waals surface area contributed by atoms with E-state index < -0.39 is 23.8 Å². The van der Waals surface area contributed by atoms with Crippen LogP contribution in [-0.2, 0) is 16.1 Å². The number of nitrogens with zero attached hydrogens (tertiary/aromatic N) is 2. The van der Waals surface area contributed by atoms with E-state index in [2.05, 4.69) is 22.8 Å². The maximum absolute atomic E-state index is 14.0. The van der Waals surface area contributed by atoms with Gasteiger partial charge in [0.25, 0.3) is 0 Å². The van der Waals surface area contributed by atoms with Crippen molar-refractivity contribution in [2.24, 2.45) is 0 Å². The van der Waals surface area contributed by atoms with Crippen LogP contribution in [-0.4, -0.2) is 34.8 Å². The predicted octanol–water partition coefficient (Wildman–Crippen LogP) is 5.09. The van der Waals surface area contributed by atoms with Crippen LogP contribution in [0.5, 0.6) is 0 Å². The minimum absolute atomic E-state index is 0.0612. The van der Waals surface area contributed by atoms with E-state index in [0.29, 0.717) is 25.0 Å². The normalized spacial score (nSPS) is 11.7. The molecule has 2 amide bonds. The fourth-order valence-corrected chi connectivity index (χ4v) is 3.40. The molecule has 3 rings (SSSR count). The Balaban J connectivity index is 1.61. The van der Waals surface area contributed by atoms with Gasteiger partial charge in [0, 0.05) is 30.7 Å². The number of ether oxygens (including phenoxy) is 1. The van der Waals surface area contributed by atoms with E-state index in [9.17, 15) is 18.4 Å². The Kier molecular flexibility index (Phi) is 9.31. The number of aromatic nitrogens is 1. The second kappa shape index (κ2) is 12.6. The number of carbonyl (C=O) groups is 2. The van der Waals surface area contributed by atoms with Crippen molar-refractivity contribution < 1.29 is 27.6 Å². The van der Waals surface area contributed by atoms with Crippen LogP contribution in [0.25, 0.3) is 11.3 Å². The van der Waals surface area contributed by atoms with Crippen LogP contribution in [0.3, 0.4) is 0 Å². The number of carbonyl (C=O) groups excluding carboxylic acids is 2. The van der Waals surface area contributed by atoms with Crippen LogP contribution >= 0.6 is 0 Å². The zero-order valence-corrected chi connectivity index (χ0v) is 19.3. The maximum Gasteiger partial charge on any atom is 0.412 e. The number of amides is 2. The quantitative estimate of drug-likeness (QED) is 0.367. The Bertz CT molecular complexity index is 1120. The fraction of sp³-hybridized carbons (Fsp3) is 0.280. The maximum atomic E-state index is 14.0. The third-order valence-corrected chi connectivity index (χ3v) is 5.17. The molecule has 0 aliphatic heterocycles. The molecule has 0 fully saturated rings. The molecule has 0 saturated heterocycles. The first-order valence-corrected chi connectivity index (χ1v) is 11.1. The van der Waals surface area contributed by atoms with Crippen LogP contribution < -0.4 is 10.7 Å². The van der Waals surface area contributed by atoms with Gasteiger partial charge in [-0.3, -0.25) is 15.1 Å². The molecule has 1 atom stereocenters. The van der Waals surface area contributed by atoms with Gasteiger partial charge in [0.15, 0.2) is 23.2 Å². The third-order valence-electron chi connectivity index (χ3n) is 5.17. The topological polar surface area (TPSA) is 96.7 Å². The van der Waals surface area contributed by atoms with Crippen molar-refractivity contribution in [1.82, 2.24) is 15.6 Å². The predicted molar refractivity (Wildman–Crippen MR) is 126 cm³/mol. The molecule has 3 aromatic rings. The number of nitrogens with one attached hydrogen (secondary N) is 2. The molecule has 2 aromatic carbocycles. The first-order chi connectivity index (χ1) is 16.9. The summed E-state index contributed by atoms with van der Waals surface area (Å²) in [5.41, 5.74) is 3.68. The first kappa shape index (κ1) is 25.8. The van der Waals surface area contributed by atoms with Gasteiger partial charge >= 0.3 is 6.09 Å². The summed E-state index contributed by atoms with van der Waals surface area (Å²) in [5, 5.41) is 7.56. The van der Waals surface area contributed by atoms with Crippen molar-refractivity contribution >= 4 is 17.8 Å². The van der Waals surface area contributed by atoms with Gasteiger partial charge in [-0.25, -0.2) is 19.0 Å². The smallest absolute Gasteiger partial charge is 0.412 e. The van der Waals surface area contributed by atoms with Gasteiger partial charge in [-0.2, -0.15) is 0 Å². The summed E-state index contributed by atoms with van der Waals surface area (Å²) >= 11 is 0. The van der Waals surface area contributed by atoms with Gasteiger partial charge in [0.2, 0.25) is 5.91 Å². The van der Waals surface area contributed by atoms with Gasteiger partial charge in [-0.05, 0) is 12.5 Å². The summed E-state index contributed by atoms with van der Waals surface area (Å²) in [6.45, 7) is 4.85. The average molecular weight is 486 g/mol. The lowest BCUT2D eigenvalue weighted by atomic mass is 10.1. The van der Waals surface area contributed by atoms with Crippen molar-refractivity contribution in [2.75, 3.05) is 11.9 Å². The lowest BCUT2D eigenvalue weighted by Crippen LogP contribution is -2.50. The second-order valence-corrected chi connectivity index (χ2v) is 7.75. The van der Waals surface area contributed by atoms with E-state index in [-0.39, 0.29) is 30.4 Å². The zero-order valence-electron chi connectivity index (χ0n) is 19.3. The Hall–Kier alpha value is -3.79. The molecule has 8 nitrogen and oxygen atoms in total. The van der Waals surface area contributed by atoms with Crippen molar-refractivity contribution in [2.45, 2.75) is 38.8 Å². The van der Waals surface area contributed by atoms with Gasteiger partial charge < -0.3 is 9.26 Å². The highest BCUT2D eigenvalue weighted by atomic mass is 19.2. The molecule has 0 aliphatic carbocycles. The van der Waals surface area contributed by atoms with Crippen molar-refractivity contribution in [1.29, 1.82) is 0 Å². The number of unbranched alkanes of at least 4 members (excludes halogenated alkanes) is 1. The molecule has 0 aliphatic rings. The minimum atomic E-state index is -0.990. The summed E-state index contributed by atoms with van der Waals surface area (Å²) in [6, 6.07) is 14.1. The number of anilines is 1. The van der Waals surface area contributed by atoms with Crippen LogP contribution in [0.15, 0.2) is 59.1 Å². The summed E-state index contributed by atoms with van der Waals surface area (Å²) in [5.74, 6) is -1.69. The lowest BCUT2D eigenvalue weighted by Gasteiger charge is -2.31. The molecule has 0 bridgehead atoms. The zero-order chi connectivity index (χ0) is 25.2. The molecule has 2 N–H and O–H groups in total. The summed E-state index contributed by atoms with van der Waals surface area (Å²) < 4.78 is 38.1. The van der Waals surface area contributed by atoms with E-state index in [4.69, 9.17) is 9.26 Å². The van der Waals surface area contributed by atoms with Gasteiger partial charge in [-0.1, -0.05) is 67.4 Å². The molecule has 1 heterocycles. The van der Waals surface area contributed by atoms with Crippen LogP contribution in [0, 0.1) is 18.6 Å². The van der Waals surface area contributed by atoms with Gasteiger partial charge in [0.05, 0.1) is 6.04 Å². The summed E-state index contributed by atoms with van der Waals surface area (Å²) in [4.78, 5) is 24.6. The largest absolute Gasteiger partial charge is 0.447 e. The number of benzene rings is 2. The standard InChI is InChI=1S/C25H27F2N4O4/c1-3-4-12-20(31(17(2)32)28-15-19-11-8-13-21(26)24(19)27)16-34-25(33)29-23-14-22(35-30-23)18-9-6-5-7-10-18/h5-11,13-14,20,28H,1,3-4,12,15-16H2,2H3,(H,29,30,33)/t20-/m0/s1. The molecule has 1 aromatic heterocycles. The number of rotatable bonds is 11. The highest BCUT2D eigenvalue weighted by Crippen LogP contribution is 2.22. The molecule has 0 unspecified atom stereocenters. The molecular formula is C25H27F2N4O4. The third kappa shape index (κ3) is 7.35. The molecular weight excluding hydrogens is 458 g/mol. The van der Waals surface area contributed by atoms with E-state index in [1.54, 1.807) is 6.07 Å². The molecule has 1 radical (unpaired) electrons. The summed E-state index contributed by atoms with van der Waals surface area (Å²) in [7, 11) is 0. The fourth-order valence-electron chi connectivity index (χ4n) is 3.40. The van der Waals surface area contributed by atoms with Crippen LogP contribution in [0.4, 0.5) is 19.4 Å². The summed E-state index contributed by atoms with van der Waals surface area (Å²) in [6.07, 6.45) is 0.946. The van der Waals surface area contributed by atoms with Crippen LogP contribution in [0.2, 0.25) is 0 Å². The van der Waals surface area contributed by atoms with Gasteiger partial charge in [-0.15, -0.1) is 0 Å². The number of hydrogen-bond donors (Lipinski definition) is 2. The molecule has 10 heteroatoms. The van der Waals surface area contributed by atoms with Crippen molar-refractivity contribution in [3.8, 4) is 11.3 Å². The molecule has 185 valence electrons. The highest BCUT2D eigenvalue weighted by Gasteiger charge is 2.23. The van der Waals surface area contributed by atoms with E-state index in [0.717, 1.165) is 11.6 Å². The van der Waals surface area contributed by atoms with Crippen molar-refractivity contribution in [3.05, 3.63) is 78.7 Å². The van der Waals surface area contributed by atoms with E-state index in [1.807, 2.05) is 30.3 Å². The Morgan fingerprint density at radius 2 is 1.94 bits per heavy atom. The SMILES string of the molecule is [CH2]CCC[C@@H](COC(=O)Nc1cc(-c2ccccc2)on1)N(NCc1cccc(F)c1F)C(C)=O. The molecule has 0 spiro atoms. The van der Waals surface area contributed by atoms with Crippen LogP contribution in [0.1, 0.15) is 31.7 Å². The minimum Gasteiger partial charge on any atom is -0.447 e. The number of hydrogen-bond acceptors (Lipinski definition) is 6. The molecule has 35 heavy (non-hydrogen) atoms. The van der Waals surface area contributed by atoms with E-state index >= 15 is 0 Å². The number of halogens is 2. The Labute approximate surface area is 202 Å². The Morgan fingerprint density at radius 1 is 1.17 bits per heavy atom. The monoisotopic (exact) mass is 485 g/mol. The average Bonchev–Trinajstić information content (AvgIpc) is 3.31. The Morgan fingerprint density at radius 3 is 2.66 bits per heavy atom.